The molecule has 0 radical (unpaired) electrons. The summed E-state index contributed by atoms with van der Waals surface area (Å²) in [6.07, 6.45) is 3.05. The molecule has 1 aromatic carbocycles. The second kappa shape index (κ2) is 8.89. The molecule has 23 heavy (non-hydrogen) atoms. The maximum absolute atomic E-state index is 12.2. The van der Waals surface area contributed by atoms with Crippen molar-refractivity contribution in [3.8, 4) is 0 Å². The fraction of sp³-hybridized carbons (Fsp3) is 0.529. The zero-order valence-corrected chi connectivity index (χ0v) is 14.8. The number of nitrogens with one attached hydrogen (secondary N) is 3. The van der Waals surface area contributed by atoms with Gasteiger partial charge in [0.15, 0.2) is 0 Å². The van der Waals surface area contributed by atoms with Crippen molar-refractivity contribution in [1.29, 1.82) is 0 Å². The highest BCUT2D eigenvalue weighted by Gasteiger charge is 2.21. The highest BCUT2D eigenvalue weighted by atomic mass is 35.5. The van der Waals surface area contributed by atoms with Crippen LogP contribution in [0.1, 0.15) is 49.0 Å². The van der Waals surface area contributed by atoms with Crippen LogP contribution in [-0.4, -0.2) is 30.4 Å². The van der Waals surface area contributed by atoms with Crippen LogP contribution in [0, 0.1) is 6.92 Å². The molecule has 1 fully saturated rings. The summed E-state index contributed by atoms with van der Waals surface area (Å²) in [4.78, 5) is 24.4. The number of hydrogen-bond acceptors (Lipinski definition) is 3. The highest BCUT2D eigenvalue weighted by Crippen LogP contribution is 2.17. The van der Waals surface area contributed by atoms with Gasteiger partial charge in [-0.25, -0.2) is 0 Å². The molecule has 1 aromatic rings. The van der Waals surface area contributed by atoms with E-state index < -0.39 is 0 Å². The van der Waals surface area contributed by atoms with Gasteiger partial charge < -0.3 is 16.0 Å². The normalized spacial score (nSPS) is 17.3. The summed E-state index contributed by atoms with van der Waals surface area (Å²) < 4.78 is 0. The fourth-order valence-electron chi connectivity index (χ4n) is 2.59. The number of hydrogen-bond donors (Lipinski definition) is 3. The average molecular weight is 340 g/mol. The minimum absolute atomic E-state index is 0. The molecule has 2 rings (SSSR count). The van der Waals surface area contributed by atoms with E-state index in [4.69, 9.17) is 0 Å². The molecule has 6 heteroatoms. The fourth-order valence-corrected chi connectivity index (χ4v) is 2.59. The molecular formula is C17H26ClN3O2. The second-order valence-corrected chi connectivity index (χ2v) is 6.15. The molecule has 0 aromatic heterocycles. The van der Waals surface area contributed by atoms with Crippen LogP contribution in [0.25, 0.3) is 0 Å². The second-order valence-electron chi connectivity index (χ2n) is 6.15. The lowest BCUT2D eigenvalue weighted by molar-refractivity contribution is -0.118. The number of halogens is 1. The van der Waals surface area contributed by atoms with Crippen LogP contribution in [-0.2, 0) is 4.79 Å². The number of carbonyl (C=O) groups excluding carboxylic acids is 2. The lowest BCUT2D eigenvalue weighted by atomic mass is 10.0. The molecule has 128 valence electrons. The molecule has 3 N–H and O–H groups in total. The Morgan fingerprint density at radius 2 is 2.00 bits per heavy atom. The lowest BCUT2D eigenvalue weighted by Gasteiger charge is -2.22. The van der Waals surface area contributed by atoms with E-state index in [0.29, 0.717) is 11.3 Å². The highest BCUT2D eigenvalue weighted by molar-refractivity contribution is 5.99. The predicted octanol–water partition coefficient (Wildman–Crippen LogP) is 2.64. The third kappa shape index (κ3) is 5.52. The van der Waals surface area contributed by atoms with E-state index in [1.807, 2.05) is 32.9 Å². The van der Waals surface area contributed by atoms with Crippen LogP contribution >= 0.6 is 12.4 Å². The van der Waals surface area contributed by atoms with E-state index in [9.17, 15) is 9.59 Å². The van der Waals surface area contributed by atoms with Gasteiger partial charge in [0.25, 0.3) is 5.91 Å². The van der Waals surface area contributed by atoms with E-state index in [2.05, 4.69) is 16.0 Å². The molecule has 1 unspecified atom stereocenters. The molecular weight excluding hydrogens is 314 g/mol. The summed E-state index contributed by atoms with van der Waals surface area (Å²) in [7, 11) is 0. The Balaban J connectivity index is 0.00000264. The van der Waals surface area contributed by atoms with Crippen molar-refractivity contribution in [2.75, 3.05) is 11.9 Å². The summed E-state index contributed by atoms with van der Waals surface area (Å²) in [5, 5.41) is 9.01. The molecule has 1 aliphatic heterocycles. The number of amides is 2. The smallest absolute Gasteiger partial charge is 0.251 e. The molecule has 1 aliphatic rings. The molecule has 5 nitrogen and oxygen atoms in total. The molecule has 1 saturated heterocycles. The van der Waals surface area contributed by atoms with E-state index in [1.54, 1.807) is 6.07 Å². The lowest BCUT2D eigenvalue weighted by Crippen LogP contribution is -2.43. The van der Waals surface area contributed by atoms with E-state index in [1.165, 1.54) is 0 Å². The summed E-state index contributed by atoms with van der Waals surface area (Å²) in [6.45, 7) is 6.62. The number of rotatable bonds is 4. The van der Waals surface area contributed by atoms with Crippen molar-refractivity contribution in [2.24, 2.45) is 0 Å². The van der Waals surface area contributed by atoms with Gasteiger partial charge in [-0.1, -0.05) is 12.5 Å². The van der Waals surface area contributed by atoms with Crippen LogP contribution in [0.5, 0.6) is 0 Å². The topological polar surface area (TPSA) is 70.2 Å². The van der Waals surface area contributed by atoms with Crippen molar-refractivity contribution in [3.63, 3.8) is 0 Å². The number of benzene rings is 1. The molecule has 1 heterocycles. The number of anilines is 1. The van der Waals surface area contributed by atoms with Gasteiger partial charge in [-0.15, -0.1) is 12.4 Å². The Morgan fingerprint density at radius 1 is 1.26 bits per heavy atom. The van der Waals surface area contributed by atoms with Crippen LogP contribution < -0.4 is 16.0 Å². The summed E-state index contributed by atoms with van der Waals surface area (Å²) in [6, 6.07) is 5.38. The first-order valence-electron chi connectivity index (χ1n) is 7.93. The third-order valence-corrected chi connectivity index (χ3v) is 3.80. The van der Waals surface area contributed by atoms with Crippen LogP contribution in [0.4, 0.5) is 5.69 Å². The van der Waals surface area contributed by atoms with Crippen LogP contribution in [0.15, 0.2) is 18.2 Å². The monoisotopic (exact) mass is 339 g/mol. The van der Waals surface area contributed by atoms with E-state index in [0.717, 1.165) is 31.4 Å². The zero-order chi connectivity index (χ0) is 16.1. The van der Waals surface area contributed by atoms with Crippen molar-refractivity contribution >= 4 is 29.9 Å². The van der Waals surface area contributed by atoms with Crippen molar-refractivity contribution in [1.82, 2.24) is 10.6 Å². The van der Waals surface area contributed by atoms with Gasteiger partial charge in [-0.3, -0.25) is 9.59 Å². The molecule has 0 bridgehead atoms. The van der Waals surface area contributed by atoms with Gasteiger partial charge in [0.05, 0.1) is 6.04 Å². The molecule has 1 atom stereocenters. The van der Waals surface area contributed by atoms with Crippen molar-refractivity contribution < 1.29 is 9.59 Å². The summed E-state index contributed by atoms with van der Waals surface area (Å²) in [5.41, 5.74) is 2.16. The van der Waals surface area contributed by atoms with Crippen molar-refractivity contribution in [3.05, 3.63) is 29.3 Å². The molecule has 0 spiro atoms. The van der Waals surface area contributed by atoms with Gasteiger partial charge in [-0.2, -0.15) is 0 Å². The minimum Gasteiger partial charge on any atom is -0.350 e. The number of carbonyl (C=O) groups is 2. The maximum atomic E-state index is 12.2. The quantitative estimate of drug-likeness (QED) is 0.789. The number of piperidine rings is 1. The molecule has 0 aliphatic carbocycles. The average Bonchev–Trinajstić information content (AvgIpc) is 2.49. The summed E-state index contributed by atoms with van der Waals surface area (Å²) in [5.74, 6) is -0.141. The van der Waals surface area contributed by atoms with E-state index in [-0.39, 0.29) is 36.3 Å². The van der Waals surface area contributed by atoms with Gasteiger partial charge in [-0.05, 0) is 57.9 Å². The predicted molar refractivity (Wildman–Crippen MR) is 95.3 cm³/mol. The van der Waals surface area contributed by atoms with Crippen LogP contribution in [0.2, 0.25) is 0 Å². The number of aryl methyl sites for hydroxylation is 1. The Labute approximate surface area is 144 Å². The first kappa shape index (κ1) is 19.5. The minimum atomic E-state index is -0.136. The first-order valence-corrected chi connectivity index (χ1v) is 7.93. The van der Waals surface area contributed by atoms with Gasteiger partial charge >= 0.3 is 0 Å². The Hall–Kier alpha value is -1.59. The Morgan fingerprint density at radius 3 is 2.61 bits per heavy atom. The standard InChI is InChI=1S/C17H25N3O2.ClH/c1-11(2)19-16(21)14-10-13(8-7-12(14)3)20-17(22)15-6-4-5-9-18-15;/h7-8,10-11,15,18H,4-6,9H2,1-3H3,(H,19,21)(H,20,22);1H. The van der Waals surface area contributed by atoms with Gasteiger partial charge in [0, 0.05) is 17.3 Å². The van der Waals surface area contributed by atoms with E-state index >= 15 is 0 Å². The Kier molecular flexibility index (Phi) is 7.52. The van der Waals surface area contributed by atoms with Crippen molar-refractivity contribution in [2.45, 2.75) is 52.1 Å². The van der Waals surface area contributed by atoms with Crippen LogP contribution in [0.3, 0.4) is 0 Å². The maximum Gasteiger partial charge on any atom is 0.251 e. The van der Waals surface area contributed by atoms with Gasteiger partial charge in [0.2, 0.25) is 5.91 Å². The first-order chi connectivity index (χ1) is 10.5. The van der Waals surface area contributed by atoms with Gasteiger partial charge in [0.1, 0.15) is 0 Å². The Bertz CT molecular complexity index is 555. The zero-order valence-electron chi connectivity index (χ0n) is 13.9. The molecule has 0 saturated carbocycles. The largest absolute Gasteiger partial charge is 0.350 e. The summed E-state index contributed by atoms with van der Waals surface area (Å²) >= 11 is 0. The SMILES string of the molecule is Cc1ccc(NC(=O)C2CCCCN2)cc1C(=O)NC(C)C.Cl. The third-order valence-electron chi connectivity index (χ3n) is 3.80. The molecule has 2 amide bonds.